The van der Waals surface area contributed by atoms with Gasteiger partial charge in [-0.25, -0.2) is 0 Å². The molecule has 0 bridgehead atoms. The maximum absolute atomic E-state index is 5.69. The Labute approximate surface area is 62.8 Å². The highest BCUT2D eigenvalue weighted by atomic mass is 35.5. The molecule has 0 saturated heterocycles. The van der Waals surface area contributed by atoms with Gasteiger partial charge in [0.1, 0.15) is 0 Å². The summed E-state index contributed by atoms with van der Waals surface area (Å²) in [7, 11) is 1.94. The average molecular weight is 150 g/mol. The molecule has 0 aromatic heterocycles. The molecule has 1 atom stereocenters. The summed E-state index contributed by atoms with van der Waals surface area (Å²) in [5.41, 5.74) is 0.274. The lowest BCUT2D eigenvalue weighted by atomic mass is 9.88. The van der Waals surface area contributed by atoms with Crippen LogP contribution in [0.5, 0.6) is 0 Å². The van der Waals surface area contributed by atoms with Gasteiger partial charge < -0.3 is 5.32 Å². The Morgan fingerprint density at radius 3 is 1.89 bits per heavy atom. The lowest BCUT2D eigenvalue weighted by molar-refractivity contribution is 0.304. The van der Waals surface area contributed by atoms with Crippen LogP contribution in [0.3, 0.4) is 0 Å². The fourth-order valence-electron chi connectivity index (χ4n) is 0.742. The molecular formula is C7H16ClN. The molecule has 0 aliphatic rings. The van der Waals surface area contributed by atoms with Crippen molar-refractivity contribution in [1.29, 1.82) is 0 Å². The van der Waals surface area contributed by atoms with Crippen molar-refractivity contribution in [3.8, 4) is 0 Å². The van der Waals surface area contributed by atoms with Gasteiger partial charge in [0.05, 0.1) is 0 Å². The van der Waals surface area contributed by atoms with E-state index in [1.54, 1.807) is 0 Å². The van der Waals surface area contributed by atoms with E-state index >= 15 is 0 Å². The Balaban J connectivity index is 3.79. The highest BCUT2D eigenvalue weighted by molar-refractivity contribution is 6.18. The number of rotatable bonds is 2. The third kappa shape index (κ3) is 3.07. The van der Waals surface area contributed by atoms with Gasteiger partial charge >= 0.3 is 0 Å². The van der Waals surface area contributed by atoms with E-state index in [2.05, 4.69) is 26.1 Å². The van der Waals surface area contributed by atoms with E-state index in [1.165, 1.54) is 0 Å². The third-order valence-electron chi connectivity index (χ3n) is 1.55. The van der Waals surface area contributed by atoms with Gasteiger partial charge in [-0.2, -0.15) is 0 Å². The van der Waals surface area contributed by atoms with Crippen LogP contribution in [-0.4, -0.2) is 19.0 Å². The number of alkyl halides is 1. The summed E-state index contributed by atoms with van der Waals surface area (Å²) in [6.45, 7) is 6.53. The van der Waals surface area contributed by atoms with Crippen molar-refractivity contribution in [2.24, 2.45) is 5.41 Å². The predicted molar refractivity (Wildman–Crippen MR) is 43.0 cm³/mol. The molecule has 56 valence electrons. The lowest BCUT2D eigenvalue weighted by Gasteiger charge is -2.28. The number of hydrogen-bond acceptors (Lipinski definition) is 1. The van der Waals surface area contributed by atoms with E-state index in [1.807, 2.05) is 7.05 Å². The molecule has 0 saturated carbocycles. The van der Waals surface area contributed by atoms with Crippen LogP contribution in [0.4, 0.5) is 0 Å². The van der Waals surface area contributed by atoms with Gasteiger partial charge in [-0.05, 0) is 12.5 Å². The molecule has 0 aliphatic heterocycles. The molecule has 1 unspecified atom stereocenters. The number of nitrogens with one attached hydrogen (secondary N) is 1. The molecule has 2 heteroatoms. The minimum absolute atomic E-state index is 0.274. The first kappa shape index (κ1) is 9.25. The van der Waals surface area contributed by atoms with E-state index in [-0.39, 0.29) is 5.41 Å². The third-order valence-corrected chi connectivity index (χ3v) is 1.86. The number of halogens is 1. The maximum atomic E-state index is 5.69. The van der Waals surface area contributed by atoms with Gasteiger partial charge in [-0.1, -0.05) is 20.8 Å². The Kier molecular flexibility index (Phi) is 3.52. The minimum Gasteiger partial charge on any atom is -0.315 e. The second kappa shape index (κ2) is 3.43. The van der Waals surface area contributed by atoms with E-state index in [4.69, 9.17) is 11.6 Å². The van der Waals surface area contributed by atoms with Crippen LogP contribution in [0, 0.1) is 5.41 Å². The van der Waals surface area contributed by atoms with Gasteiger partial charge in [-0.15, -0.1) is 11.6 Å². The van der Waals surface area contributed by atoms with Gasteiger partial charge in [0, 0.05) is 11.9 Å². The second-order valence-electron chi connectivity index (χ2n) is 3.36. The summed E-state index contributed by atoms with van der Waals surface area (Å²) in [5, 5.41) is 3.16. The highest BCUT2D eigenvalue weighted by Gasteiger charge is 2.21. The molecule has 0 aromatic carbocycles. The van der Waals surface area contributed by atoms with E-state index in [0.29, 0.717) is 11.9 Å². The topological polar surface area (TPSA) is 12.0 Å². The SMILES string of the molecule is CNC(CCl)C(C)(C)C. The van der Waals surface area contributed by atoms with Crippen LogP contribution in [0.25, 0.3) is 0 Å². The first-order chi connectivity index (χ1) is 4.02. The predicted octanol–water partition coefficient (Wildman–Crippen LogP) is 1.86. The normalized spacial score (nSPS) is 15.7. The van der Waals surface area contributed by atoms with Crippen molar-refractivity contribution in [2.45, 2.75) is 26.8 Å². The van der Waals surface area contributed by atoms with Crippen LogP contribution in [0.15, 0.2) is 0 Å². The zero-order valence-corrected chi connectivity index (χ0v) is 7.42. The Hall–Kier alpha value is 0.250. The van der Waals surface area contributed by atoms with E-state index in [0.717, 1.165) is 0 Å². The van der Waals surface area contributed by atoms with Crippen molar-refractivity contribution < 1.29 is 0 Å². The Bertz CT molecular complexity index is 71.5. The summed E-state index contributed by atoms with van der Waals surface area (Å²) in [5.74, 6) is 0.681. The minimum atomic E-state index is 0.274. The summed E-state index contributed by atoms with van der Waals surface area (Å²) >= 11 is 5.69. The van der Waals surface area contributed by atoms with Crippen molar-refractivity contribution in [3.63, 3.8) is 0 Å². The molecule has 0 radical (unpaired) electrons. The molecule has 0 aliphatic carbocycles. The second-order valence-corrected chi connectivity index (χ2v) is 3.67. The van der Waals surface area contributed by atoms with Crippen LogP contribution >= 0.6 is 11.6 Å². The Morgan fingerprint density at radius 1 is 1.44 bits per heavy atom. The summed E-state index contributed by atoms with van der Waals surface area (Å²) in [4.78, 5) is 0. The van der Waals surface area contributed by atoms with Crippen LogP contribution in [-0.2, 0) is 0 Å². The molecule has 0 amide bonds. The summed E-state index contributed by atoms with van der Waals surface area (Å²) in [6.07, 6.45) is 0. The standard InChI is InChI=1S/C7H16ClN/c1-7(2,3)6(5-8)9-4/h6,9H,5H2,1-4H3. The van der Waals surface area contributed by atoms with Crippen molar-refractivity contribution >= 4 is 11.6 Å². The van der Waals surface area contributed by atoms with Gasteiger partial charge in [0.25, 0.3) is 0 Å². The monoisotopic (exact) mass is 149 g/mol. The Morgan fingerprint density at radius 2 is 1.89 bits per heavy atom. The highest BCUT2D eigenvalue weighted by Crippen LogP contribution is 2.19. The van der Waals surface area contributed by atoms with Gasteiger partial charge in [-0.3, -0.25) is 0 Å². The fraction of sp³-hybridized carbons (Fsp3) is 1.00. The largest absolute Gasteiger partial charge is 0.315 e. The molecule has 1 nitrogen and oxygen atoms in total. The van der Waals surface area contributed by atoms with Gasteiger partial charge in [0.15, 0.2) is 0 Å². The first-order valence-corrected chi connectivity index (χ1v) is 3.79. The molecule has 0 rings (SSSR count). The quantitative estimate of drug-likeness (QED) is 0.591. The fourth-order valence-corrected chi connectivity index (χ4v) is 1.36. The lowest BCUT2D eigenvalue weighted by Crippen LogP contribution is -2.39. The smallest absolute Gasteiger partial charge is 0.0382 e. The van der Waals surface area contributed by atoms with Crippen LogP contribution in [0.2, 0.25) is 0 Å². The van der Waals surface area contributed by atoms with Crippen molar-refractivity contribution in [2.75, 3.05) is 12.9 Å². The maximum Gasteiger partial charge on any atom is 0.0382 e. The number of hydrogen-bond donors (Lipinski definition) is 1. The molecule has 1 N–H and O–H groups in total. The molecule has 0 aromatic rings. The zero-order valence-electron chi connectivity index (χ0n) is 6.66. The zero-order chi connectivity index (χ0) is 7.49. The summed E-state index contributed by atoms with van der Waals surface area (Å²) < 4.78 is 0. The molecule has 0 fully saturated rings. The van der Waals surface area contributed by atoms with Crippen molar-refractivity contribution in [3.05, 3.63) is 0 Å². The first-order valence-electron chi connectivity index (χ1n) is 3.25. The molecule has 9 heavy (non-hydrogen) atoms. The van der Waals surface area contributed by atoms with E-state index in [9.17, 15) is 0 Å². The van der Waals surface area contributed by atoms with Gasteiger partial charge in [0.2, 0.25) is 0 Å². The summed E-state index contributed by atoms with van der Waals surface area (Å²) in [6, 6.07) is 0.416. The average Bonchev–Trinajstić information content (AvgIpc) is 1.65. The molecular weight excluding hydrogens is 134 g/mol. The van der Waals surface area contributed by atoms with E-state index < -0.39 is 0 Å². The van der Waals surface area contributed by atoms with Crippen LogP contribution in [0.1, 0.15) is 20.8 Å². The van der Waals surface area contributed by atoms with Crippen molar-refractivity contribution in [1.82, 2.24) is 5.32 Å². The molecule has 0 heterocycles. The van der Waals surface area contributed by atoms with Crippen LogP contribution < -0.4 is 5.32 Å². The molecule has 0 spiro atoms.